The number of hydrogen-bond donors (Lipinski definition) is 0. The van der Waals surface area contributed by atoms with Crippen LogP contribution in [0.5, 0.6) is 5.75 Å². The molecule has 0 bridgehead atoms. The van der Waals surface area contributed by atoms with E-state index in [4.69, 9.17) is 9.47 Å². The van der Waals surface area contributed by atoms with E-state index in [1.807, 2.05) is 24.3 Å². The van der Waals surface area contributed by atoms with Gasteiger partial charge in [-0.3, -0.25) is 0 Å². The molecule has 0 atom stereocenters. The van der Waals surface area contributed by atoms with Crippen LogP contribution in [0.1, 0.15) is 25.3 Å². The van der Waals surface area contributed by atoms with Crippen molar-refractivity contribution in [3.05, 3.63) is 76.8 Å². The fourth-order valence-corrected chi connectivity index (χ4v) is 2.90. The first-order chi connectivity index (χ1) is 14.0. The van der Waals surface area contributed by atoms with Crippen LogP contribution in [-0.2, 0) is 4.74 Å². The third-order valence-corrected chi connectivity index (χ3v) is 4.66. The molecule has 3 aromatic rings. The highest BCUT2D eigenvalue weighted by Gasteiger charge is 2.15. The number of aromatic nitrogens is 3. The predicted octanol–water partition coefficient (Wildman–Crippen LogP) is 5.54. The average molecular weight is 464 g/mol. The Morgan fingerprint density at radius 3 is 2.52 bits per heavy atom. The Morgan fingerprint density at radius 1 is 1.07 bits per heavy atom. The first kappa shape index (κ1) is 21.0. The minimum absolute atomic E-state index is 0.172. The van der Waals surface area contributed by atoms with Gasteiger partial charge in [0, 0.05) is 10.5 Å². The SMILES string of the molecule is CC(=C(OCCCCOc1ccc(Br)cc1)c1ccc(F)cc1F)n1cncn1. The van der Waals surface area contributed by atoms with E-state index in [1.165, 1.54) is 29.5 Å². The normalized spacial score (nSPS) is 11.9. The predicted molar refractivity (Wildman–Crippen MR) is 110 cm³/mol. The lowest BCUT2D eigenvalue weighted by Gasteiger charge is -2.15. The molecule has 5 nitrogen and oxygen atoms in total. The Balaban J connectivity index is 1.60. The molecule has 0 N–H and O–H groups in total. The van der Waals surface area contributed by atoms with E-state index >= 15 is 0 Å². The van der Waals surface area contributed by atoms with E-state index < -0.39 is 11.6 Å². The van der Waals surface area contributed by atoms with Crippen molar-refractivity contribution in [1.82, 2.24) is 14.8 Å². The summed E-state index contributed by atoms with van der Waals surface area (Å²) in [5.41, 5.74) is 0.727. The number of halogens is 3. The Kier molecular flexibility index (Phi) is 7.35. The molecule has 0 fully saturated rings. The van der Waals surface area contributed by atoms with Crippen LogP contribution in [0.4, 0.5) is 8.78 Å². The van der Waals surface area contributed by atoms with Gasteiger partial charge in [0.15, 0.2) is 5.76 Å². The highest BCUT2D eigenvalue weighted by Crippen LogP contribution is 2.26. The van der Waals surface area contributed by atoms with Gasteiger partial charge in [-0.2, -0.15) is 5.10 Å². The molecule has 0 unspecified atom stereocenters. The first-order valence-electron chi connectivity index (χ1n) is 9.07. The van der Waals surface area contributed by atoms with Gasteiger partial charge in [0.2, 0.25) is 0 Å². The number of rotatable bonds is 9. The molecule has 1 heterocycles. The van der Waals surface area contributed by atoms with Crippen molar-refractivity contribution in [2.45, 2.75) is 19.8 Å². The smallest absolute Gasteiger partial charge is 0.150 e. The van der Waals surface area contributed by atoms with Crippen LogP contribution in [0.25, 0.3) is 11.5 Å². The average Bonchev–Trinajstić information content (AvgIpc) is 3.24. The van der Waals surface area contributed by atoms with E-state index in [2.05, 4.69) is 26.0 Å². The first-order valence-corrected chi connectivity index (χ1v) is 9.86. The number of hydrogen-bond acceptors (Lipinski definition) is 4. The van der Waals surface area contributed by atoms with Crippen molar-refractivity contribution >= 4 is 27.4 Å². The zero-order valence-electron chi connectivity index (χ0n) is 15.8. The number of ether oxygens (including phenoxy) is 2. The van der Waals surface area contributed by atoms with Gasteiger partial charge in [-0.25, -0.2) is 18.4 Å². The molecule has 0 saturated carbocycles. The summed E-state index contributed by atoms with van der Waals surface area (Å²) >= 11 is 3.38. The maximum absolute atomic E-state index is 14.3. The maximum atomic E-state index is 14.3. The Hall–Kier alpha value is -2.74. The summed E-state index contributed by atoms with van der Waals surface area (Å²) in [6.07, 6.45) is 4.33. The van der Waals surface area contributed by atoms with Gasteiger partial charge < -0.3 is 9.47 Å². The number of allylic oxidation sites excluding steroid dienone is 1. The van der Waals surface area contributed by atoms with Crippen molar-refractivity contribution in [1.29, 1.82) is 0 Å². The molecule has 0 radical (unpaired) electrons. The standard InChI is InChI=1S/C21H20BrF2N3O2/c1-15(27-14-25-13-26-27)21(19-9-6-17(23)12-20(19)24)29-11-3-2-10-28-18-7-4-16(22)5-8-18/h4-9,12-14H,2-3,10-11H2,1H3. The maximum Gasteiger partial charge on any atom is 0.150 e. The molecular formula is C21H20BrF2N3O2. The van der Waals surface area contributed by atoms with Crippen molar-refractivity contribution in [3.63, 3.8) is 0 Å². The second-order valence-electron chi connectivity index (χ2n) is 6.24. The van der Waals surface area contributed by atoms with Crippen LogP contribution in [0.3, 0.4) is 0 Å². The second kappa shape index (κ2) is 10.2. The second-order valence-corrected chi connectivity index (χ2v) is 7.15. The molecule has 0 aliphatic heterocycles. The molecule has 0 spiro atoms. The highest BCUT2D eigenvalue weighted by molar-refractivity contribution is 9.10. The fourth-order valence-electron chi connectivity index (χ4n) is 2.64. The van der Waals surface area contributed by atoms with Crippen molar-refractivity contribution in [3.8, 4) is 5.75 Å². The Morgan fingerprint density at radius 2 is 1.83 bits per heavy atom. The molecule has 152 valence electrons. The van der Waals surface area contributed by atoms with E-state index in [0.717, 1.165) is 22.7 Å². The Labute approximate surface area is 176 Å². The van der Waals surface area contributed by atoms with Crippen LogP contribution in [0.2, 0.25) is 0 Å². The summed E-state index contributed by atoms with van der Waals surface area (Å²) in [7, 11) is 0. The topological polar surface area (TPSA) is 49.2 Å². The van der Waals surface area contributed by atoms with Crippen molar-refractivity contribution in [2.24, 2.45) is 0 Å². The van der Waals surface area contributed by atoms with Gasteiger partial charge in [0.05, 0.1) is 24.5 Å². The number of nitrogens with zero attached hydrogens (tertiary/aromatic N) is 3. The summed E-state index contributed by atoms with van der Waals surface area (Å²) in [4.78, 5) is 3.90. The lowest BCUT2D eigenvalue weighted by atomic mass is 10.1. The van der Waals surface area contributed by atoms with Gasteiger partial charge in [-0.1, -0.05) is 15.9 Å². The van der Waals surface area contributed by atoms with Crippen molar-refractivity contribution in [2.75, 3.05) is 13.2 Å². The number of benzene rings is 2. The summed E-state index contributed by atoms with van der Waals surface area (Å²) in [6.45, 7) is 2.63. The third-order valence-electron chi connectivity index (χ3n) is 4.13. The summed E-state index contributed by atoms with van der Waals surface area (Å²) in [6, 6.07) is 11.0. The molecule has 0 aliphatic carbocycles. The van der Waals surface area contributed by atoms with E-state index in [-0.39, 0.29) is 5.56 Å². The summed E-state index contributed by atoms with van der Waals surface area (Å²) < 4.78 is 41.6. The zero-order valence-corrected chi connectivity index (χ0v) is 17.4. The highest BCUT2D eigenvalue weighted by atomic mass is 79.9. The lowest BCUT2D eigenvalue weighted by molar-refractivity contribution is 0.243. The van der Waals surface area contributed by atoms with Crippen LogP contribution < -0.4 is 4.74 Å². The minimum Gasteiger partial charge on any atom is -0.494 e. The molecule has 3 rings (SSSR count). The van der Waals surface area contributed by atoms with E-state index in [9.17, 15) is 8.78 Å². The minimum atomic E-state index is -0.696. The molecule has 29 heavy (non-hydrogen) atoms. The quantitative estimate of drug-likeness (QED) is 0.308. The molecule has 0 saturated heterocycles. The molecular weight excluding hydrogens is 444 g/mol. The lowest BCUT2D eigenvalue weighted by Crippen LogP contribution is -2.06. The number of unbranched alkanes of at least 4 members (excludes halogenated alkanes) is 1. The van der Waals surface area contributed by atoms with Crippen LogP contribution in [0.15, 0.2) is 59.6 Å². The van der Waals surface area contributed by atoms with Gasteiger partial charge in [0.25, 0.3) is 0 Å². The molecule has 2 aromatic carbocycles. The van der Waals surface area contributed by atoms with Gasteiger partial charge in [0.1, 0.15) is 30.0 Å². The van der Waals surface area contributed by atoms with E-state index in [0.29, 0.717) is 31.1 Å². The third kappa shape index (κ3) is 5.87. The van der Waals surface area contributed by atoms with E-state index in [1.54, 1.807) is 6.92 Å². The van der Waals surface area contributed by atoms with Crippen molar-refractivity contribution < 1.29 is 18.3 Å². The summed E-state index contributed by atoms with van der Waals surface area (Å²) in [5.74, 6) is -0.251. The van der Waals surface area contributed by atoms with Gasteiger partial charge >= 0.3 is 0 Å². The van der Waals surface area contributed by atoms with Gasteiger partial charge in [-0.05, 0) is 56.2 Å². The summed E-state index contributed by atoms with van der Waals surface area (Å²) in [5, 5.41) is 4.06. The van der Waals surface area contributed by atoms with Crippen LogP contribution in [-0.4, -0.2) is 28.0 Å². The van der Waals surface area contributed by atoms with Crippen LogP contribution in [0, 0.1) is 11.6 Å². The largest absolute Gasteiger partial charge is 0.494 e. The molecule has 8 heteroatoms. The monoisotopic (exact) mass is 463 g/mol. The molecule has 0 aliphatic rings. The Bertz CT molecular complexity index is 961. The van der Waals surface area contributed by atoms with Crippen LogP contribution >= 0.6 is 15.9 Å². The molecule has 0 amide bonds. The fraction of sp³-hybridized carbons (Fsp3) is 0.238. The molecule has 1 aromatic heterocycles. The van der Waals surface area contributed by atoms with Gasteiger partial charge in [-0.15, -0.1) is 0 Å². The zero-order chi connectivity index (χ0) is 20.6.